The second-order valence-corrected chi connectivity index (χ2v) is 8.39. The molecule has 1 fully saturated rings. The van der Waals surface area contributed by atoms with Crippen molar-refractivity contribution in [1.29, 1.82) is 0 Å². The smallest absolute Gasteiger partial charge is 0.253 e. The van der Waals surface area contributed by atoms with Crippen molar-refractivity contribution in [2.45, 2.75) is 32.2 Å². The number of aryl methyl sites for hydroxylation is 2. The number of rotatable bonds is 4. The average Bonchev–Trinajstić information content (AvgIpc) is 2.96. The maximum absolute atomic E-state index is 13.1. The molecule has 2 aromatic rings. The first-order valence-corrected chi connectivity index (χ1v) is 10.3. The number of carbonyl (C=O) groups excluding carboxylic acids is 1. The van der Waals surface area contributed by atoms with Crippen LogP contribution in [0.25, 0.3) is 0 Å². The van der Waals surface area contributed by atoms with Gasteiger partial charge in [0.25, 0.3) is 5.91 Å². The third-order valence-electron chi connectivity index (χ3n) is 4.83. The number of hydrogen-bond acceptors (Lipinski definition) is 4. The fourth-order valence-corrected chi connectivity index (χ4v) is 5.19. The number of nitrogens with zero attached hydrogens (tertiary/aromatic N) is 4. The Labute approximate surface area is 158 Å². The van der Waals surface area contributed by atoms with Gasteiger partial charge in [0.1, 0.15) is 10.7 Å². The maximum Gasteiger partial charge on any atom is 0.253 e. The molecular weight excluding hydrogens is 371 g/mol. The Morgan fingerprint density at radius 1 is 1.11 bits per heavy atom. The Bertz CT molecular complexity index is 946. The van der Waals surface area contributed by atoms with Gasteiger partial charge < -0.3 is 4.90 Å². The Balaban J connectivity index is 1.74. The number of carbonyl (C=O) groups is 1. The van der Waals surface area contributed by atoms with Gasteiger partial charge in [-0.1, -0.05) is 0 Å². The van der Waals surface area contributed by atoms with Crippen LogP contribution in [-0.2, 0) is 16.6 Å². The van der Waals surface area contributed by atoms with Crippen molar-refractivity contribution in [1.82, 2.24) is 19.0 Å². The summed E-state index contributed by atoms with van der Waals surface area (Å²) in [5.41, 5.74) is 1.50. The first-order chi connectivity index (χ1) is 12.8. The molecule has 0 N–H and O–H groups in total. The highest BCUT2D eigenvalue weighted by Crippen LogP contribution is 2.24. The fourth-order valence-electron chi connectivity index (χ4n) is 3.40. The van der Waals surface area contributed by atoms with Crippen molar-refractivity contribution >= 4 is 15.9 Å². The maximum atomic E-state index is 13.1. The Hall–Kier alpha value is -2.26. The van der Waals surface area contributed by atoms with E-state index in [9.17, 15) is 17.6 Å². The fraction of sp³-hybridized carbons (Fsp3) is 0.444. The molecule has 1 aliphatic rings. The molecule has 27 heavy (non-hydrogen) atoms. The van der Waals surface area contributed by atoms with E-state index in [4.69, 9.17) is 0 Å². The molecule has 2 heterocycles. The molecule has 1 saturated heterocycles. The van der Waals surface area contributed by atoms with Gasteiger partial charge in [0.2, 0.25) is 10.0 Å². The van der Waals surface area contributed by atoms with Crippen molar-refractivity contribution in [3.63, 3.8) is 0 Å². The molecule has 1 amide bonds. The molecule has 9 heteroatoms. The van der Waals surface area contributed by atoms with Gasteiger partial charge in [-0.3, -0.25) is 9.48 Å². The highest BCUT2D eigenvalue weighted by molar-refractivity contribution is 7.89. The lowest BCUT2D eigenvalue weighted by atomic mass is 10.2. The van der Waals surface area contributed by atoms with E-state index in [-0.39, 0.29) is 37.0 Å². The summed E-state index contributed by atoms with van der Waals surface area (Å²) in [6, 6.07) is 5.36. The lowest BCUT2D eigenvalue weighted by Gasteiger charge is -2.34. The first-order valence-electron chi connectivity index (χ1n) is 8.84. The van der Waals surface area contributed by atoms with E-state index in [2.05, 4.69) is 5.10 Å². The van der Waals surface area contributed by atoms with E-state index in [0.29, 0.717) is 23.5 Å². The number of benzene rings is 1. The minimum absolute atomic E-state index is 0.214. The van der Waals surface area contributed by atoms with Gasteiger partial charge in [-0.25, -0.2) is 12.8 Å². The van der Waals surface area contributed by atoms with Crippen LogP contribution in [0.1, 0.15) is 28.7 Å². The predicted octanol–water partition coefficient (Wildman–Crippen LogP) is 1.81. The topological polar surface area (TPSA) is 75.5 Å². The van der Waals surface area contributed by atoms with Crippen LogP contribution in [0.2, 0.25) is 0 Å². The molecule has 7 nitrogen and oxygen atoms in total. The van der Waals surface area contributed by atoms with Crippen LogP contribution in [-0.4, -0.2) is 59.5 Å². The van der Waals surface area contributed by atoms with Crippen molar-refractivity contribution < 1.29 is 17.6 Å². The van der Waals surface area contributed by atoms with Crippen molar-refractivity contribution in [3.05, 3.63) is 47.0 Å². The van der Waals surface area contributed by atoms with E-state index in [0.717, 1.165) is 0 Å². The van der Waals surface area contributed by atoms with Gasteiger partial charge in [0, 0.05) is 38.3 Å². The van der Waals surface area contributed by atoms with Crippen LogP contribution >= 0.6 is 0 Å². The minimum Gasteiger partial charge on any atom is -0.336 e. The molecule has 0 bridgehead atoms. The van der Waals surface area contributed by atoms with E-state index < -0.39 is 15.8 Å². The molecule has 0 saturated carbocycles. The number of aromatic nitrogens is 2. The summed E-state index contributed by atoms with van der Waals surface area (Å²) in [4.78, 5) is 14.4. The van der Waals surface area contributed by atoms with Crippen LogP contribution in [0.5, 0.6) is 0 Å². The second kappa shape index (κ2) is 7.40. The van der Waals surface area contributed by atoms with Crippen LogP contribution in [0.4, 0.5) is 4.39 Å². The van der Waals surface area contributed by atoms with Crippen LogP contribution in [0, 0.1) is 19.7 Å². The zero-order valence-corrected chi connectivity index (χ0v) is 16.5. The third kappa shape index (κ3) is 3.61. The first kappa shape index (κ1) is 19.5. The molecule has 3 rings (SSSR count). The summed E-state index contributed by atoms with van der Waals surface area (Å²) in [6.45, 7) is 6.96. The number of piperazine rings is 1. The number of hydrogen-bond donors (Lipinski definition) is 0. The summed E-state index contributed by atoms with van der Waals surface area (Å²) in [5, 5.41) is 4.30. The van der Waals surface area contributed by atoms with Crippen LogP contribution in [0.3, 0.4) is 0 Å². The quantitative estimate of drug-likeness (QED) is 0.793. The number of amides is 1. The zero-order valence-electron chi connectivity index (χ0n) is 15.6. The summed E-state index contributed by atoms with van der Waals surface area (Å²) in [7, 11) is -3.67. The van der Waals surface area contributed by atoms with Crippen LogP contribution < -0.4 is 0 Å². The SMILES string of the molecule is CCn1nc(C)c(S(=O)(=O)N2CCN(C(=O)c3ccc(F)cc3)CC2)c1C. The molecule has 146 valence electrons. The van der Waals surface area contributed by atoms with Crippen molar-refractivity contribution in [2.75, 3.05) is 26.2 Å². The Morgan fingerprint density at radius 3 is 2.22 bits per heavy atom. The summed E-state index contributed by atoms with van der Waals surface area (Å²) in [5.74, 6) is -0.626. The lowest BCUT2D eigenvalue weighted by molar-refractivity contribution is 0.0698. The standard InChI is InChI=1S/C18H23FN4O3S/c1-4-23-14(3)17(13(2)20-23)27(25,26)22-11-9-21(10-12-22)18(24)15-5-7-16(19)8-6-15/h5-8H,4,9-12H2,1-3H3. The molecule has 0 aliphatic carbocycles. The zero-order chi connectivity index (χ0) is 19.8. The monoisotopic (exact) mass is 394 g/mol. The van der Waals surface area contributed by atoms with Gasteiger partial charge in [0.05, 0.1) is 11.4 Å². The van der Waals surface area contributed by atoms with E-state index >= 15 is 0 Å². The highest BCUT2D eigenvalue weighted by Gasteiger charge is 2.34. The second-order valence-electron chi connectivity index (χ2n) is 6.52. The molecular formula is C18H23FN4O3S. The predicted molar refractivity (Wildman–Crippen MR) is 98.4 cm³/mol. The van der Waals surface area contributed by atoms with E-state index in [1.54, 1.807) is 23.4 Å². The molecule has 0 unspecified atom stereocenters. The highest BCUT2D eigenvalue weighted by atomic mass is 32.2. The van der Waals surface area contributed by atoms with Gasteiger partial charge in [0.15, 0.2) is 0 Å². The Morgan fingerprint density at radius 2 is 1.70 bits per heavy atom. The molecule has 0 spiro atoms. The minimum atomic E-state index is -3.67. The van der Waals surface area contributed by atoms with Gasteiger partial charge in [-0.2, -0.15) is 9.40 Å². The number of sulfonamides is 1. The molecule has 1 aromatic heterocycles. The third-order valence-corrected chi connectivity index (χ3v) is 6.98. The van der Waals surface area contributed by atoms with Crippen molar-refractivity contribution in [2.24, 2.45) is 0 Å². The summed E-state index contributed by atoms with van der Waals surface area (Å²) >= 11 is 0. The van der Waals surface area contributed by atoms with Gasteiger partial charge >= 0.3 is 0 Å². The number of halogens is 1. The van der Waals surface area contributed by atoms with Gasteiger partial charge in [-0.05, 0) is 45.0 Å². The summed E-state index contributed by atoms with van der Waals surface area (Å²) < 4.78 is 42.2. The van der Waals surface area contributed by atoms with E-state index in [1.165, 1.54) is 28.6 Å². The normalized spacial score (nSPS) is 15.9. The van der Waals surface area contributed by atoms with E-state index in [1.807, 2.05) is 6.92 Å². The Kier molecular flexibility index (Phi) is 5.34. The molecule has 0 atom stereocenters. The average molecular weight is 394 g/mol. The van der Waals surface area contributed by atoms with Gasteiger partial charge in [-0.15, -0.1) is 0 Å². The summed E-state index contributed by atoms with van der Waals surface area (Å²) in [6.07, 6.45) is 0. The molecule has 1 aliphatic heterocycles. The molecule has 1 aromatic carbocycles. The largest absolute Gasteiger partial charge is 0.336 e. The van der Waals surface area contributed by atoms with Crippen molar-refractivity contribution in [3.8, 4) is 0 Å². The van der Waals surface area contributed by atoms with Crippen LogP contribution in [0.15, 0.2) is 29.2 Å². The lowest BCUT2D eigenvalue weighted by Crippen LogP contribution is -2.50. The molecule has 0 radical (unpaired) electrons.